The van der Waals surface area contributed by atoms with Crippen LogP contribution in [-0.4, -0.2) is 43.5 Å². The van der Waals surface area contributed by atoms with Crippen LogP contribution in [0.25, 0.3) is 0 Å². The van der Waals surface area contributed by atoms with Crippen LogP contribution in [0.5, 0.6) is 0 Å². The molecule has 1 rings (SSSR count). The molecule has 1 unspecified atom stereocenters. The minimum Gasteiger partial charge on any atom is -0.726 e. The zero-order valence-electron chi connectivity index (χ0n) is 7.49. The van der Waals surface area contributed by atoms with Gasteiger partial charge in [0.25, 0.3) is 0 Å². The number of carbonyl (C=O) groups is 1. The van der Waals surface area contributed by atoms with Crippen LogP contribution in [0, 0.1) is 5.92 Å². The topological polar surface area (TPSA) is 122 Å². The third-order valence-corrected chi connectivity index (χ3v) is 2.42. The van der Waals surface area contributed by atoms with Gasteiger partial charge in [-0.1, -0.05) is 0 Å². The third kappa shape index (κ3) is 3.72. The van der Waals surface area contributed by atoms with E-state index in [9.17, 15) is 17.8 Å². The van der Waals surface area contributed by atoms with Gasteiger partial charge >= 0.3 is 5.97 Å². The highest BCUT2D eigenvalue weighted by Crippen LogP contribution is 2.21. The molecule has 1 N–H and O–H groups in total. The van der Waals surface area contributed by atoms with Gasteiger partial charge in [-0.2, -0.15) is 5.26 Å². The lowest BCUT2D eigenvalue weighted by Crippen LogP contribution is -2.41. The Kier molecular flexibility index (Phi) is 3.99. The molecule has 0 aliphatic carbocycles. The molecule has 1 heterocycles. The van der Waals surface area contributed by atoms with Crippen molar-refractivity contribution in [3.05, 3.63) is 0 Å². The minimum atomic E-state index is -4.92. The maximum Gasteiger partial charge on any atom is 0.347 e. The first-order chi connectivity index (χ1) is 6.94. The number of hydrogen-bond acceptors (Lipinski definition) is 8. The van der Waals surface area contributed by atoms with Crippen LogP contribution in [0.4, 0.5) is 0 Å². The molecule has 15 heavy (non-hydrogen) atoms. The van der Waals surface area contributed by atoms with Crippen LogP contribution in [0.15, 0.2) is 0 Å². The van der Waals surface area contributed by atoms with Gasteiger partial charge in [0.1, 0.15) is 6.10 Å². The molecule has 0 saturated carbocycles. The van der Waals surface area contributed by atoms with Gasteiger partial charge in [-0.05, 0) is 6.42 Å². The van der Waals surface area contributed by atoms with E-state index in [1.54, 1.807) is 0 Å². The maximum atomic E-state index is 11.0. The molecule has 9 heteroatoms. The zero-order chi connectivity index (χ0) is 11.5. The van der Waals surface area contributed by atoms with Gasteiger partial charge in [0.15, 0.2) is 0 Å². The predicted octanol–water partition coefficient (Wildman–Crippen LogP) is -1.12. The summed E-state index contributed by atoms with van der Waals surface area (Å²) in [7, 11) is -4.92. The fourth-order valence-electron chi connectivity index (χ4n) is 1.30. The molecular formula is C6H9O8S-. The Labute approximate surface area is 85.6 Å². The first kappa shape index (κ1) is 12.3. The van der Waals surface area contributed by atoms with E-state index >= 15 is 0 Å². The Balaban J connectivity index is 2.70. The van der Waals surface area contributed by atoms with Crippen molar-refractivity contribution in [1.29, 1.82) is 0 Å². The lowest BCUT2D eigenvalue weighted by atomic mass is 9.98. The molecular weight excluding hydrogens is 232 g/mol. The second kappa shape index (κ2) is 4.86. The maximum absolute atomic E-state index is 11.0. The van der Waals surface area contributed by atoms with Crippen LogP contribution in [-0.2, 0) is 29.0 Å². The second-order valence-corrected chi connectivity index (χ2v) is 3.93. The molecule has 88 valence electrons. The Hall–Kier alpha value is -0.740. The Morgan fingerprint density at radius 3 is 2.73 bits per heavy atom. The van der Waals surface area contributed by atoms with E-state index < -0.39 is 28.4 Å². The summed E-state index contributed by atoms with van der Waals surface area (Å²) in [5.74, 6) is -2.07. The van der Waals surface area contributed by atoms with Gasteiger partial charge in [-0.3, -0.25) is 4.18 Å². The summed E-state index contributed by atoms with van der Waals surface area (Å²) >= 11 is 0. The number of hydrogen-bond donors (Lipinski definition) is 1. The largest absolute Gasteiger partial charge is 0.726 e. The van der Waals surface area contributed by atoms with E-state index in [1.165, 1.54) is 0 Å². The van der Waals surface area contributed by atoms with Crippen molar-refractivity contribution in [2.75, 3.05) is 13.2 Å². The monoisotopic (exact) mass is 241 g/mol. The molecule has 2 atom stereocenters. The van der Waals surface area contributed by atoms with E-state index in [0.29, 0.717) is 0 Å². The van der Waals surface area contributed by atoms with E-state index in [4.69, 9.17) is 9.99 Å². The summed E-state index contributed by atoms with van der Waals surface area (Å²) in [6.45, 7) is -0.0280. The lowest BCUT2D eigenvalue weighted by molar-refractivity contribution is -0.244. The quantitative estimate of drug-likeness (QED) is 0.285. The average molecular weight is 241 g/mol. The summed E-state index contributed by atoms with van der Waals surface area (Å²) in [5.41, 5.74) is 0. The summed E-state index contributed by atoms with van der Waals surface area (Å²) in [4.78, 5) is 14.4. The van der Waals surface area contributed by atoms with Crippen molar-refractivity contribution in [3.8, 4) is 0 Å². The normalized spacial score (nSPS) is 27.3. The van der Waals surface area contributed by atoms with E-state index in [1.807, 2.05) is 0 Å². The minimum absolute atomic E-state index is 0.111. The van der Waals surface area contributed by atoms with Crippen LogP contribution in [0.2, 0.25) is 0 Å². The van der Waals surface area contributed by atoms with Gasteiger partial charge < -0.3 is 14.2 Å². The fourth-order valence-corrected chi connectivity index (χ4v) is 1.79. The lowest BCUT2D eigenvalue weighted by Gasteiger charge is -2.29. The molecule has 0 spiro atoms. The Morgan fingerprint density at radius 2 is 2.20 bits per heavy atom. The zero-order valence-corrected chi connectivity index (χ0v) is 8.31. The summed E-state index contributed by atoms with van der Waals surface area (Å²) in [5, 5.41) is 8.13. The van der Waals surface area contributed by atoms with Gasteiger partial charge in [0, 0.05) is 6.61 Å². The smallest absolute Gasteiger partial charge is 0.347 e. The van der Waals surface area contributed by atoms with Gasteiger partial charge in [0.05, 0.1) is 12.5 Å². The molecule has 1 saturated heterocycles. The van der Waals surface area contributed by atoms with Gasteiger partial charge in [0.2, 0.25) is 10.4 Å². The highest BCUT2D eigenvalue weighted by molar-refractivity contribution is 7.80. The molecule has 1 aliphatic heterocycles. The highest BCUT2D eigenvalue weighted by Gasteiger charge is 2.35. The highest BCUT2D eigenvalue weighted by atomic mass is 32.3. The Bertz CT molecular complexity index is 322. The summed E-state index contributed by atoms with van der Waals surface area (Å²) in [6.07, 6.45) is -1.14. The average Bonchev–Trinajstić information content (AvgIpc) is 2.15. The van der Waals surface area contributed by atoms with Crippen molar-refractivity contribution in [1.82, 2.24) is 0 Å². The number of carbonyl (C=O) groups excluding carboxylic acids is 1. The molecule has 0 aromatic carbocycles. The molecule has 0 aromatic rings. The molecule has 0 radical (unpaired) electrons. The molecule has 0 bridgehead atoms. The van der Waals surface area contributed by atoms with Crippen molar-refractivity contribution >= 4 is 16.4 Å². The molecule has 8 nitrogen and oxygen atoms in total. The third-order valence-electron chi connectivity index (χ3n) is 1.94. The molecule has 1 aliphatic rings. The molecule has 1 fully saturated rings. The van der Waals surface area contributed by atoms with Gasteiger partial charge in [-0.25, -0.2) is 13.2 Å². The van der Waals surface area contributed by atoms with Crippen molar-refractivity contribution in [3.63, 3.8) is 0 Å². The van der Waals surface area contributed by atoms with E-state index in [-0.39, 0.29) is 19.6 Å². The van der Waals surface area contributed by atoms with E-state index in [0.717, 1.165) is 0 Å². The first-order valence-electron chi connectivity index (χ1n) is 4.01. The fraction of sp³-hybridized carbons (Fsp3) is 0.833. The van der Waals surface area contributed by atoms with E-state index in [2.05, 4.69) is 9.07 Å². The van der Waals surface area contributed by atoms with Gasteiger partial charge in [-0.15, -0.1) is 0 Å². The summed E-state index contributed by atoms with van der Waals surface area (Å²) in [6, 6.07) is 0. The van der Waals surface area contributed by atoms with Crippen molar-refractivity contribution in [2.24, 2.45) is 5.92 Å². The Morgan fingerprint density at radius 1 is 1.53 bits per heavy atom. The number of ether oxygens (including phenoxy) is 1. The van der Waals surface area contributed by atoms with Crippen molar-refractivity contribution in [2.45, 2.75) is 12.5 Å². The van der Waals surface area contributed by atoms with Crippen LogP contribution in [0.1, 0.15) is 6.42 Å². The van der Waals surface area contributed by atoms with Crippen LogP contribution < -0.4 is 0 Å². The number of rotatable bonds is 3. The van der Waals surface area contributed by atoms with Crippen LogP contribution >= 0.6 is 0 Å². The van der Waals surface area contributed by atoms with Crippen LogP contribution in [0.3, 0.4) is 0 Å². The molecule has 0 amide bonds. The van der Waals surface area contributed by atoms with Crippen molar-refractivity contribution < 1.29 is 36.8 Å². The summed E-state index contributed by atoms with van der Waals surface area (Å²) < 4.78 is 39.9. The standard InChI is InChI=1S/C6H10O8S/c7-6(13-8)4-1-2-12-3-5(4)14-15(9,10)11/h4-5,8H,1-3H2,(H,9,10,11)/p-1/t4-,5?/m1/s1. The molecule has 0 aromatic heterocycles. The predicted molar refractivity (Wildman–Crippen MR) is 42.2 cm³/mol. The second-order valence-electron chi connectivity index (χ2n) is 2.92. The SMILES string of the molecule is O=C(OO)[C@@H]1CCOCC1OS(=O)(=O)[O-]. The first-order valence-corrected chi connectivity index (χ1v) is 5.34.